The summed E-state index contributed by atoms with van der Waals surface area (Å²) in [6, 6.07) is 1.56. The van der Waals surface area contributed by atoms with Crippen LogP contribution in [-0.4, -0.2) is 45.9 Å². The summed E-state index contributed by atoms with van der Waals surface area (Å²) < 4.78 is 5.04. The van der Waals surface area contributed by atoms with Crippen molar-refractivity contribution < 1.29 is 19.4 Å². The Morgan fingerprint density at radius 2 is 2.41 bits per heavy atom. The number of carboxylic acid groups (broad SMARTS) is 1. The lowest BCUT2D eigenvalue weighted by Gasteiger charge is -2.22. The standard InChI is InChI=1S/C10H13N3O4/c1-6-4-7(13-12-6)8(14)11-10(9(15)16)2-3-17-5-10/h4H,2-3,5H2,1H3,(H,11,14)(H,12,13)(H,15,16). The van der Waals surface area contributed by atoms with Crippen molar-refractivity contribution in [3.8, 4) is 0 Å². The molecule has 1 fully saturated rings. The minimum Gasteiger partial charge on any atom is -0.479 e. The van der Waals surface area contributed by atoms with Crippen LogP contribution in [0.4, 0.5) is 0 Å². The summed E-state index contributed by atoms with van der Waals surface area (Å²) >= 11 is 0. The van der Waals surface area contributed by atoms with Gasteiger partial charge in [-0.15, -0.1) is 0 Å². The largest absolute Gasteiger partial charge is 0.479 e. The molecule has 0 spiro atoms. The summed E-state index contributed by atoms with van der Waals surface area (Å²) in [6.45, 7) is 2.07. The van der Waals surface area contributed by atoms with E-state index in [4.69, 9.17) is 9.84 Å². The molecule has 2 heterocycles. The number of aryl methyl sites for hydroxylation is 1. The van der Waals surface area contributed by atoms with E-state index < -0.39 is 17.4 Å². The van der Waals surface area contributed by atoms with E-state index in [2.05, 4.69) is 15.5 Å². The van der Waals surface area contributed by atoms with Gasteiger partial charge in [0.25, 0.3) is 5.91 Å². The fourth-order valence-electron chi connectivity index (χ4n) is 1.70. The number of carbonyl (C=O) groups excluding carboxylic acids is 1. The number of aromatic nitrogens is 2. The Labute approximate surface area is 97.2 Å². The van der Waals surface area contributed by atoms with Crippen molar-refractivity contribution in [3.63, 3.8) is 0 Å². The summed E-state index contributed by atoms with van der Waals surface area (Å²) in [7, 11) is 0. The van der Waals surface area contributed by atoms with Crippen LogP contribution in [-0.2, 0) is 9.53 Å². The van der Waals surface area contributed by atoms with Gasteiger partial charge in [0.05, 0.1) is 6.61 Å². The number of carbonyl (C=O) groups is 2. The van der Waals surface area contributed by atoms with Gasteiger partial charge in [-0.3, -0.25) is 9.89 Å². The number of carboxylic acids is 1. The molecule has 1 aromatic heterocycles. The van der Waals surface area contributed by atoms with Gasteiger partial charge in [0.2, 0.25) is 0 Å². The molecular weight excluding hydrogens is 226 g/mol. The Kier molecular flexibility index (Phi) is 2.84. The Bertz CT molecular complexity index is 448. The molecule has 2 rings (SSSR count). The molecule has 1 atom stereocenters. The highest BCUT2D eigenvalue weighted by atomic mass is 16.5. The van der Waals surface area contributed by atoms with Crippen molar-refractivity contribution in [1.82, 2.24) is 15.5 Å². The van der Waals surface area contributed by atoms with Gasteiger partial charge in [0, 0.05) is 18.7 Å². The molecule has 1 aromatic rings. The molecule has 1 aliphatic rings. The monoisotopic (exact) mass is 239 g/mol. The Morgan fingerprint density at radius 3 is 2.88 bits per heavy atom. The lowest BCUT2D eigenvalue weighted by atomic mass is 9.99. The fraction of sp³-hybridized carbons (Fsp3) is 0.500. The van der Waals surface area contributed by atoms with Crippen molar-refractivity contribution in [2.24, 2.45) is 0 Å². The van der Waals surface area contributed by atoms with Crippen molar-refractivity contribution in [2.45, 2.75) is 18.9 Å². The molecule has 0 bridgehead atoms. The van der Waals surface area contributed by atoms with Gasteiger partial charge in [-0.05, 0) is 13.0 Å². The van der Waals surface area contributed by atoms with E-state index in [1.165, 1.54) is 0 Å². The van der Waals surface area contributed by atoms with Crippen molar-refractivity contribution in [2.75, 3.05) is 13.2 Å². The maximum Gasteiger partial charge on any atom is 0.331 e. The molecule has 0 aromatic carbocycles. The first-order chi connectivity index (χ1) is 8.03. The predicted molar refractivity (Wildman–Crippen MR) is 56.6 cm³/mol. The number of hydrogen-bond acceptors (Lipinski definition) is 4. The summed E-state index contributed by atoms with van der Waals surface area (Å²) in [6.07, 6.45) is 0.261. The van der Waals surface area contributed by atoms with Gasteiger partial charge in [-0.2, -0.15) is 5.10 Å². The molecule has 7 nitrogen and oxygen atoms in total. The minimum absolute atomic E-state index is 0.0164. The zero-order valence-electron chi connectivity index (χ0n) is 9.32. The topological polar surface area (TPSA) is 104 Å². The molecule has 0 saturated carbocycles. The Balaban J connectivity index is 2.14. The molecule has 0 aliphatic carbocycles. The quantitative estimate of drug-likeness (QED) is 0.671. The lowest BCUT2D eigenvalue weighted by molar-refractivity contribution is -0.144. The number of aliphatic carboxylic acids is 1. The highest BCUT2D eigenvalue weighted by Crippen LogP contribution is 2.19. The molecule has 1 aliphatic heterocycles. The molecule has 7 heteroatoms. The second-order valence-electron chi connectivity index (χ2n) is 4.08. The molecule has 1 unspecified atom stereocenters. The van der Waals surface area contributed by atoms with Crippen LogP contribution in [0.5, 0.6) is 0 Å². The number of ether oxygens (including phenoxy) is 1. The molecule has 17 heavy (non-hydrogen) atoms. The number of H-pyrrole nitrogens is 1. The maximum absolute atomic E-state index is 11.8. The zero-order valence-corrected chi connectivity index (χ0v) is 9.32. The van der Waals surface area contributed by atoms with E-state index in [0.717, 1.165) is 5.69 Å². The van der Waals surface area contributed by atoms with Crippen LogP contribution in [0.15, 0.2) is 6.07 Å². The van der Waals surface area contributed by atoms with Crippen molar-refractivity contribution in [3.05, 3.63) is 17.5 Å². The summed E-state index contributed by atoms with van der Waals surface area (Å²) in [4.78, 5) is 23.0. The number of rotatable bonds is 3. The van der Waals surface area contributed by atoms with Crippen LogP contribution in [0.25, 0.3) is 0 Å². The molecular formula is C10H13N3O4. The molecule has 1 amide bonds. The third-order valence-corrected chi connectivity index (χ3v) is 2.72. The van der Waals surface area contributed by atoms with E-state index in [1.807, 2.05) is 0 Å². The van der Waals surface area contributed by atoms with Gasteiger partial charge >= 0.3 is 5.97 Å². The van der Waals surface area contributed by atoms with Gasteiger partial charge in [-0.1, -0.05) is 0 Å². The number of nitrogens with zero attached hydrogens (tertiary/aromatic N) is 1. The van der Waals surface area contributed by atoms with Gasteiger partial charge in [0.15, 0.2) is 5.54 Å². The van der Waals surface area contributed by atoms with Crippen LogP contribution in [0.1, 0.15) is 22.6 Å². The summed E-state index contributed by atoms with van der Waals surface area (Å²) in [5, 5.41) is 18.0. The smallest absolute Gasteiger partial charge is 0.331 e. The predicted octanol–water partition coefficient (Wildman–Crippen LogP) is -0.308. The van der Waals surface area contributed by atoms with Crippen LogP contribution in [0.3, 0.4) is 0 Å². The lowest BCUT2D eigenvalue weighted by Crippen LogP contribution is -2.55. The van der Waals surface area contributed by atoms with Gasteiger partial charge in [-0.25, -0.2) is 4.79 Å². The first kappa shape index (κ1) is 11.6. The molecule has 1 saturated heterocycles. The molecule has 92 valence electrons. The third-order valence-electron chi connectivity index (χ3n) is 2.72. The Morgan fingerprint density at radius 1 is 1.65 bits per heavy atom. The zero-order chi connectivity index (χ0) is 12.5. The highest BCUT2D eigenvalue weighted by Gasteiger charge is 2.44. The van der Waals surface area contributed by atoms with E-state index in [9.17, 15) is 9.59 Å². The van der Waals surface area contributed by atoms with Crippen molar-refractivity contribution in [1.29, 1.82) is 0 Å². The average Bonchev–Trinajstić information content (AvgIpc) is 2.87. The number of aromatic amines is 1. The summed E-state index contributed by atoms with van der Waals surface area (Å²) in [5.41, 5.74) is -0.415. The Hall–Kier alpha value is -1.89. The fourth-order valence-corrected chi connectivity index (χ4v) is 1.70. The van der Waals surface area contributed by atoms with Gasteiger partial charge in [0.1, 0.15) is 5.69 Å². The average molecular weight is 239 g/mol. The normalized spacial score (nSPS) is 23.6. The third kappa shape index (κ3) is 2.14. The van der Waals surface area contributed by atoms with Crippen LogP contribution in [0.2, 0.25) is 0 Å². The second-order valence-corrected chi connectivity index (χ2v) is 4.08. The van der Waals surface area contributed by atoms with Crippen molar-refractivity contribution >= 4 is 11.9 Å². The highest BCUT2D eigenvalue weighted by molar-refractivity contribution is 5.96. The number of amides is 1. The molecule has 3 N–H and O–H groups in total. The van der Waals surface area contributed by atoms with E-state index in [-0.39, 0.29) is 18.7 Å². The maximum atomic E-state index is 11.8. The minimum atomic E-state index is -1.33. The molecule has 0 radical (unpaired) electrons. The first-order valence-electron chi connectivity index (χ1n) is 5.19. The summed E-state index contributed by atoms with van der Waals surface area (Å²) in [5.74, 6) is -1.60. The SMILES string of the molecule is Cc1cc(C(=O)NC2(C(=O)O)CCOC2)n[nH]1. The van der Waals surface area contributed by atoms with E-state index in [0.29, 0.717) is 6.61 Å². The number of nitrogens with one attached hydrogen (secondary N) is 2. The van der Waals surface area contributed by atoms with E-state index in [1.54, 1.807) is 13.0 Å². The first-order valence-corrected chi connectivity index (χ1v) is 5.19. The van der Waals surface area contributed by atoms with Crippen LogP contribution in [0, 0.1) is 6.92 Å². The second kappa shape index (κ2) is 4.17. The van der Waals surface area contributed by atoms with Gasteiger partial charge < -0.3 is 15.2 Å². The van der Waals surface area contributed by atoms with Crippen LogP contribution >= 0.6 is 0 Å². The number of hydrogen-bond donors (Lipinski definition) is 3. The van der Waals surface area contributed by atoms with Crippen LogP contribution < -0.4 is 5.32 Å². The van der Waals surface area contributed by atoms with E-state index >= 15 is 0 Å².